The second-order valence-corrected chi connectivity index (χ2v) is 7.36. The molecular formula is C13H19N3O3S. The molecule has 1 fully saturated rings. The fraction of sp³-hybridized carbons (Fsp3) is 0.615. The smallest absolute Gasteiger partial charge is 0.410 e. The number of hydrogen-bond donors (Lipinski definition) is 0. The molecule has 20 heavy (non-hydrogen) atoms. The average Bonchev–Trinajstić information content (AvgIpc) is 2.86. The predicted octanol–water partition coefficient (Wildman–Crippen LogP) is 1.59. The molecule has 1 aliphatic rings. The zero-order valence-electron chi connectivity index (χ0n) is 11.9. The highest BCUT2D eigenvalue weighted by Gasteiger charge is 2.33. The van der Waals surface area contributed by atoms with Gasteiger partial charge in [-0.1, -0.05) is 0 Å². The second kappa shape index (κ2) is 5.87. The Morgan fingerprint density at radius 3 is 2.80 bits per heavy atom. The van der Waals surface area contributed by atoms with Gasteiger partial charge in [0.1, 0.15) is 10.6 Å². The zero-order chi connectivity index (χ0) is 14.8. The number of likely N-dealkylation sites (tertiary alicyclic amines) is 1. The third-order valence-electron chi connectivity index (χ3n) is 2.85. The lowest BCUT2D eigenvalue weighted by Crippen LogP contribution is -2.36. The van der Waals surface area contributed by atoms with Crippen LogP contribution in [-0.2, 0) is 15.5 Å². The maximum Gasteiger partial charge on any atom is 0.410 e. The molecule has 2 atom stereocenters. The SMILES string of the molecule is CC(C)(C)OC(=O)N1CC[C@H]([S@](=O)c2cnccn2)C1. The van der Waals surface area contributed by atoms with Crippen LogP contribution in [0.4, 0.5) is 4.79 Å². The van der Waals surface area contributed by atoms with Crippen molar-refractivity contribution in [2.45, 2.75) is 43.1 Å². The second-order valence-electron chi connectivity index (χ2n) is 5.68. The minimum Gasteiger partial charge on any atom is -0.444 e. The lowest BCUT2D eigenvalue weighted by molar-refractivity contribution is 0.0295. The van der Waals surface area contributed by atoms with Crippen LogP contribution in [0.5, 0.6) is 0 Å². The standard InChI is InChI=1S/C13H19N3O3S/c1-13(2,3)19-12(17)16-7-4-10(9-16)20(18)11-8-14-5-6-15-11/h5-6,8,10H,4,7,9H2,1-3H3/t10-,20-/m0/s1. The zero-order valence-corrected chi connectivity index (χ0v) is 12.7. The summed E-state index contributed by atoms with van der Waals surface area (Å²) in [6, 6.07) is 0. The molecule has 0 saturated carbocycles. The van der Waals surface area contributed by atoms with Gasteiger partial charge in [0, 0.05) is 25.5 Å². The van der Waals surface area contributed by atoms with E-state index in [9.17, 15) is 9.00 Å². The Kier molecular flexibility index (Phi) is 4.37. The lowest BCUT2D eigenvalue weighted by atomic mass is 10.2. The topological polar surface area (TPSA) is 72.4 Å². The Balaban J connectivity index is 1.96. The third-order valence-corrected chi connectivity index (χ3v) is 4.46. The summed E-state index contributed by atoms with van der Waals surface area (Å²) >= 11 is 0. The van der Waals surface area contributed by atoms with Crippen LogP contribution in [0.1, 0.15) is 27.2 Å². The van der Waals surface area contributed by atoms with Crippen molar-refractivity contribution in [1.82, 2.24) is 14.9 Å². The molecule has 0 bridgehead atoms. The van der Waals surface area contributed by atoms with Gasteiger partial charge in [-0.3, -0.25) is 9.19 Å². The van der Waals surface area contributed by atoms with Crippen molar-refractivity contribution in [3.05, 3.63) is 18.6 Å². The van der Waals surface area contributed by atoms with Gasteiger partial charge in [-0.2, -0.15) is 0 Å². The van der Waals surface area contributed by atoms with Crippen LogP contribution in [0.25, 0.3) is 0 Å². The van der Waals surface area contributed by atoms with E-state index in [1.165, 1.54) is 12.4 Å². The molecule has 1 saturated heterocycles. The van der Waals surface area contributed by atoms with E-state index in [2.05, 4.69) is 9.97 Å². The summed E-state index contributed by atoms with van der Waals surface area (Å²) in [6.45, 7) is 6.48. The molecule has 0 aromatic carbocycles. The van der Waals surface area contributed by atoms with Gasteiger partial charge >= 0.3 is 6.09 Å². The van der Waals surface area contributed by atoms with Gasteiger partial charge in [0.2, 0.25) is 0 Å². The van der Waals surface area contributed by atoms with Crippen LogP contribution >= 0.6 is 0 Å². The van der Waals surface area contributed by atoms with Gasteiger partial charge in [-0.15, -0.1) is 0 Å². The summed E-state index contributed by atoms with van der Waals surface area (Å²) in [5, 5.41) is 0.350. The number of carbonyl (C=O) groups is 1. The molecule has 0 spiro atoms. The monoisotopic (exact) mass is 297 g/mol. The molecule has 0 N–H and O–H groups in total. The largest absolute Gasteiger partial charge is 0.444 e. The van der Waals surface area contributed by atoms with E-state index in [1.54, 1.807) is 11.1 Å². The highest BCUT2D eigenvalue weighted by Crippen LogP contribution is 2.21. The van der Waals surface area contributed by atoms with Crippen LogP contribution in [-0.4, -0.2) is 49.1 Å². The van der Waals surface area contributed by atoms with E-state index < -0.39 is 16.4 Å². The molecule has 110 valence electrons. The van der Waals surface area contributed by atoms with E-state index in [1.807, 2.05) is 20.8 Å². The maximum atomic E-state index is 12.3. The molecular weight excluding hydrogens is 278 g/mol. The Hall–Kier alpha value is -1.50. The number of ether oxygens (including phenoxy) is 1. The molecule has 0 unspecified atom stereocenters. The highest BCUT2D eigenvalue weighted by molar-refractivity contribution is 7.85. The number of carbonyl (C=O) groups excluding carboxylic acids is 1. The summed E-state index contributed by atoms with van der Waals surface area (Å²) in [5.41, 5.74) is -0.515. The van der Waals surface area contributed by atoms with Gasteiger partial charge < -0.3 is 9.64 Å². The first-order valence-corrected chi connectivity index (χ1v) is 7.72. The van der Waals surface area contributed by atoms with Crippen molar-refractivity contribution >= 4 is 16.9 Å². The Morgan fingerprint density at radius 2 is 2.20 bits per heavy atom. The number of rotatable bonds is 2. The minimum absolute atomic E-state index is 0.112. The number of amides is 1. The number of nitrogens with zero attached hydrogens (tertiary/aromatic N) is 3. The van der Waals surface area contributed by atoms with Crippen LogP contribution in [0.3, 0.4) is 0 Å². The first kappa shape index (κ1) is 14.9. The van der Waals surface area contributed by atoms with Crippen molar-refractivity contribution in [2.75, 3.05) is 13.1 Å². The van der Waals surface area contributed by atoms with E-state index in [0.717, 1.165) is 0 Å². The van der Waals surface area contributed by atoms with E-state index in [4.69, 9.17) is 4.74 Å². The third kappa shape index (κ3) is 3.75. The molecule has 0 radical (unpaired) electrons. The summed E-state index contributed by atoms with van der Waals surface area (Å²) < 4.78 is 17.6. The minimum atomic E-state index is -1.24. The van der Waals surface area contributed by atoms with E-state index in [-0.39, 0.29) is 11.3 Å². The maximum absolute atomic E-state index is 12.3. The number of aromatic nitrogens is 2. The fourth-order valence-electron chi connectivity index (χ4n) is 1.96. The van der Waals surface area contributed by atoms with Crippen molar-refractivity contribution in [2.24, 2.45) is 0 Å². The van der Waals surface area contributed by atoms with Gasteiger partial charge in [0.15, 0.2) is 0 Å². The summed E-state index contributed by atoms with van der Waals surface area (Å²) in [7, 11) is -1.24. The van der Waals surface area contributed by atoms with Gasteiger partial charge in [0.25, 0.3) is 0 Å². The van der Waals surface area contributed by atoms with Crippen LogP contribution in [0.2, 0.25) is 0 Å². The molecule has 2 rings (SSSR count). The summed E-state index contributed by atoms with van der Waals surface area (Å²) in [4.78, 5) is 21.5. The molecule has 1 aromatic heterocycles. The van der Waals surface area contributed by atoms with Gasteiger partial charge in [-0.25, -0.2) is 9.78 Å². The van der Waals surface area contributed by atoms with Crippen LogP contribution in [0, 0.1) is 0 Å². The quantitative estimate of drug-likeness (QED) is 0.829. The highest BCUT2D eigenvalue weighted by atomic mass is 32.2. The van der Waals surface area contributed by atoms with Crippen molar-refractivity contribution in [3.63, 3.8) is 0 Å². The Morgan fingerprint density at radius 1 is 1.45 bits per heavy atom. The van der Waals surface area contributed by atoms with Crippen LogP contribution in [0.15, 0.2) is 23.6 Å². The Labute approximate surface area is 121 Å². The fourth-order valence-corrected chi connectivity index (χ4v) is 3.26. The molecule has 1 aromatic rings. The average molecular weight is 297 g/mol. The van der Waals surface area contributed by atoms with Crippen molar-refractivity contribution < 1.29 is 13.7 Å². The molecule has 7 heteroatoms. The lowest BCUT2D eigenvalue weighted by Gasteiger charge is -2.24. The number of hydrogen-bond acceptors (Lipinski definition) is 5. The molecule has 1 amide bonds. The molecule has 6 nitrogen and oxygen atoms in total. The first-order chi connectivity index (χ1) is 9.37. The molecule has 2 heterocycles. The summed E-state index contributed by atoms with van der Waals surface area (Å²) in [6.07, 6.45) is 4.90. The van der Waals surface area contributed by atoms with E-state index >= 15 is 0 Å². The van der Waals surface area contributed by atoms with E-state index in [0.29, 0.717) is 24.5 Å². The predicted molar refractivity (Wildman–Crippen MR) is 74.7 cm³/mol. The normalized spacial score (nSPS) is 20.8. The summed E-state index contributed by atoms with van der Waals surface area (Å²) in [5.74, 6) is 0. The molecule has 0 aliphatic carbocycles. The van der Waals surface area contributed by atoms with Gasteiger partial charge in [-0.05, 0) is 27.2 Å². The Bertz CT molecular complexity index is 501. The van der Waals surface area contributed by atoms with Crippen molar-refractivity contribution in [1.29, 1.82) is 0 Å². The molecule has 1 aliphatic heterocycles. The van der Waals surface area contributed by atoms with Crippen LogP contribution < -0.4 is 0 Å². The van der Waals surface area contributed by atoms with Crippen molar-refractivity contribution in [3.8, 4) is 0 Å². The van der Waals surface area contributed by atoms with Gasteiger partial charge in [0.05, 0.1) is 22.2 Å². The first-order valence-electron chi connectivity index (χ1n) is 6.51.